The Bertz CT molecular complexity index is 776. The van der Waals surface area contributed by atoms with Crippen LogP contribution in [0.15, 0.2) is 42.7 Å². The Morgan fingerprint density at radius 1 is 1.25 bits per heavy atom. The first-order chi connectivity index (χ1) is 9.74. The first kappa shape index (κ1) is 12.2. The van der Waals surface area contributed by atoms with Crippen molar-refractivity contribution < 1.29 is 9.53 Å². The van der Waals surface area contributed by atoms with Crippen LogP contribution in [0.1, 0.15) is 10.4 Å². The minimum atomic E-state index is 0.407. The minimum Gasteiger partial charge on any atom is -0.497 e. The molecule has 0 amide bonds. The zero-order valence-electron chi connectivity index (χ0n) is 10.9. The molecule has 0 saturated carbocycles. The van der Waals surface area contributed by atoms with E-state index in [2.05, 4.69) is 4.98 Å². The highest BCUT2D eigenvalue weighted by Crippen LogP contribution is 2.26. The first-order valence-electron chi connectivity index (χ1n) is 6.09. The van der Waals surface area contributed by atoms with Gasteiger partial charge in [0, 0.05) is 23.5 Å². The molecule has 2 heterocycles. The normalized spacial score (nSPS) is 10.7. The topological polar surface area (TPSA) is 70.1 Å². The van der Waals surface area contributed by atoms with Crippen LogP contribution in [0.25, 0.3) is 16.7 Å². The molecular formula is C15H13N3O2. The highest BCUT2D eigenvalue weighted by atomic mass is 16.5. The van der Waals surface area contributed by atoms with E-state index in [0.29, 0.717) is 17.5 Å². The Labute approximate surface area is 115 Å². The molecular weight excluding hydrogens is 254 g/mol. The largest absolute Gasteiger partial charge is 0.497 e. The number of ether oxygens (including phenoxy) is 1. The van der Waals surface area contributed by atoms with Crippen molar-refractivity contribution in [2.75, 3.05) is 12.8 Å². The van der Waals surface area contributed by atoms with Gasteiger partial charge in [-0.2, -0.15) is 0 Å². The average molecular weight is 267 g/mol. The van der Waals surface area contributed by atoms with E-state index in [1.165, 1.54) is 6.20 Å². The van der Waals surface area contributed by atoms with Crippen LogP contribution in [0.3, 0.4) is 0 Å². The second-order valence-electron chi connectivity index (χ2n) is 4.37. The number of carbonyl (C=O) groups excluding carboxylic acids is 1. The lowest BCUT2D eigenvalue weighted by Gasteiger charge is -2.07. The summed E-state index contributed by atoms with van der Waals surface area (Å²) < 4.78 is 7.06. The highest BCUT2D eigenvalue weighted by molar-refractivity contribution is 5.98. The van der Waals surface area contributed by atoms with E-state index < -0.39 is 0 Å². The number of anilines is 1. The molecule has 0 bridgehead atoms. The maximum absolute atomic E-state index is 10.9. The minimum absolute atomic E-state index is 0.407. The van der Waals surface area contributed by atoms with Gasteiger partial charge in [-0.3, -0.25) is 4.79 Å². The maximum Gasteiger partial charge on any atom is 0.153 e. The van der Waals surface area contributed by atoms with Crippen molar-refractivity contribution in [3.8, 4) is 11.4 Å². The van der Waals surface area contributed by atoms with Crippen LogP contribution in [0.4, 0.5) is 5.69 Å². The molecule has 0 aliphatic rings. The smallest absolute Gasteiger partial charge is 0.153 e. The van der Waals surface area contributed by atoms with Gasteiger partial charge >= 0.3 is 0 Å². The predicted molar refractivity (Wildman–Crippen MR) is 77.4 cm³/mol. The average Bonchev–Trinajstić information content (AvgIpc) is 2.92. The Morgan fingerprint density at radius 2 is 2.00 bits per heavy atom. The van der Waals surface area contributed by atoms with E-state index in [-0.39, 0.29) is 0 Å². The van der Waals surface area contributed by atoms with Crippen molar-refractivity contribution in [3.05, 3.63) is 48.3 Å². The van der Waals surface area contributed by atoms with Gasteiger partial charge in [-0.25, -0.2) is 4.98 Å². The molecule has 2 aromatic heterocycles. The number of hydrogen-bond acceptors (Lipinski definition) is 4. The monoisotopic (exact) mass is 267 g/mol. The van der Waals surface area contributed by atoms with E-state index in [0.717, 1.165) is 22.5 Å². The zero-order valence-corrected chi connectivity index (χ0v) is 10.9. The molecule has 100 valence electrons. The molecule has 0 aliphatic carbocycles. The number of nitrogens with two attached hydrogens (primary N) is 1. The molecule has 0 fully saturated rings. The van der Waals surface area contributed by atoms with E-state index >= 15 is 0 Å². The summed E-state index contributed by atoms with van der Waals surface area (Å²) in [7, 11) is 1.63. The Balaban J connectivity index is 2.16. The molecule has 5 heteroatoms. The van der Waals surface area contributed by atoms with Crippen LogP contribution in [0.2, 0.25) is 0 Å². The summed E-state index contributed by atoms with van der Waals surface area (Å²) in [6.07, 6.45) is 4.08. The van der Waals surface area contributed by atoms with Crippen LogP contribution < -0.4 is 10.5 Å². The van der Waals surface area contributed by atoms with Gasteiger partial charge < -0.3 is 15.0 Å². The summed E-state index contributed by atoms with van der Waals surface area (Å²) in [5.74, 6) is 0.793. The summed E-state index contributed by atoms with van der Waals surface area (Å²) >= 11 is 0. The summed E-state index contributed by atoms with van der Waals surface area (Å²) in [6, 6.07) is 9.48. The van der Waals surface area contributed by atoms with Crippen molar-refractivity contribution in [2.45, 2.75) is 0 Å². The van der Waals surface area contributed by atoms with Gasteiger partial charge in [-0.1, -0.05) is 0 Å². The quantitative estimate of drug-likeness (QED) is 0.740. The second-order valence-corrected chi connectivity index (χ2v) is 4.37. The number of nitrogen functional groups attached to an aromatic ring is 1. The van der Waals surface area contributed by atoms with Crippen molar-refractivity contribution in [1.29, 1.82) is 0 Å². The van der Waals surface area contributed by atoms with Crippen LogP contribution in [-0.4, -0.2) is 22.9 Å². The van der Waals surface area contributed by atoms with Gasteiger partial charge in [0.2, 0.25) is 0 Å². The summed E-state index contributed by atoms with van der Waals surface area (Å²) in [5, 5.41) is 0.769. The van der Waals surface area contributed by atoms with Crippen LogP contribution in [0.5, 0.6) is 5.75 Å². The second kappa shape index (κ2) is 4.70. The lowest BCUT2D eigenvalue weighted by Crippen LogP contribution is -1.98. The molecule has 0 atom stereocenters. The fourth-order valence-electron chi connectivity index (χ4n) is 2.17. The number of benzene rings is 1. The third kappa shape index (κ3) is 1.80. The van der Waals surface area contributed by atoms with Gasteiger partial charge in [-0.15, -0.1) is 0 Å². The van der Waals surface area contributed by atoms with E-state index in [4.69, 9.17) is 10.5 Å². The SMILES string of the molecule is COc1ccc(-n2ccc3c(N)c(C=O)cnc32)cc1. The van der Waals surface area contributed by atoms with Crippen molar-refractivity contribution in [3.63, 3.8) is 0 Å². The molecule has 0 unspecified atom stereocenters. The number of fused-ring (bicyclic) bond motifs is 1. The van der Waals surface area contributed by atoms with E-state index in [1.54, 1.807) is 7.11 Å². The van der Waals surface area contributed by atoms with Gasteiger partial charge in [0.1, 0.15) is 11.4 Å². The standard InChI is InChI=1S/C15H13N3O2/c1-20-12-4-2-11(3-5-12)18-7-6-13-14(16)10(9-19)8-17-15(13)18/h2-9H,1H3,(H2,16,17). The number of hydrogen-bond donors (Lipinski definition) is 1. The summed E-state index contributed by atoms with van der Waals surface area (Å²) in [6.45, 7) is 0. The van der Waals surface area contributed by atoms with Crippen molar-refractivity contribution in [2.24, 2.45) is 0 Å². The Morgan fingerprint density at radius 3 is 2.65 bits per heavy atom. The molecule has 3 rings (SSSR count). The van der Waals surface area contributed by atoms with Crippen LogP contribution in [-0.2, 0) is 0 Å². The zero-order chi connectivity index (χ0) is 14.1. The predicted octanol–water partition coefficient (Wildman–Crippen LogP) is 2.43. The summed E-state index contributed by atoms with van der Waals surface area (Å²) in [4.78, 5) is 15.2. The number of carbonyl (C=O) groups is 1. The fraction of sp³-hybridized carbons (Fsp3) is 0.0667. The van der Waals surface area contributed by atoms with Crippen LogP contribution in [0, 0.1) is 0 Å². The third-order valence-corrected chi connectivity index (χ3v) is 3.26. The number of aromatic nitrogens is 2. The number of methoxy groups -OCH3 is 1. The molecule has 0 aliphatic heterocycles. The molecule has 0 saturated heterocycles. The lowest BCUT2D eigenvalue weighted by molar-refractivity contribution is 0.112. The molecule has 0 spiro atoms. The van der Waals surface area contributed by atoms with Gasteiger partial charge in [0.05, 0.1) is 18.4 Å². The number of aldehydes is 1. The third-order valence-electron chi connectivity index (χ3n) is 3.26. The molecule has 20 heavy (non-hydrogen) atoms. The van der Waals surface area contributed by atoms with Crippen molar-refractivity contribution in [1.82, 2.24) is 9.55 Å². The lowest BCUT2D eigenvalue weighted by atomic mass is 10.2. The number of pyridine rings is 1. The molecule has 5 nitrogen and oxygen atoms in total. The van der Waals surface area contributed by atoms with Gasteiger partial charge in [-0.05, 0) is 30.3 Å². The van der Waals surface area contributed by atoms with Crippen LogP contribution >= 0.6 is 0 Å². The molecule has 2 N–H and O–H groups in total. The Kier molecular flexibility index (Phi) is 2.87. The van der Waals surface area contributed by atoms with Gasteiger partial charge in [0.15, 0.2) is 6.29 Å². The van der Waals surface area contributed by atoms with Crippen molar-refractivity contribution >= 4 is 23.0 Å². The fourth-order valence-corrected chi connectivity index (χ4v) is 2.17. The Hall–Kier alpha value is -2.82. The first-order valence-corrected chi connectivity index (χ1v) is 6.09. The maximum atomic E-state index is 10.9. The number of nitrogens with zero attached hydrogens (tertiary/aromatic N) is 2. The molecule has 3 aromatic rings. The molecule has 1 aromatic carbocycles. The van der Waals surface area contributed by atoms with E-state index in [9.17, 15) is 4.79 Å². The highest BCUT2D eigenvalue weighted by Gasteiger charge is 2.10. The molecule has 0 radical (unpaired) electrons. The van der Waals surface area contributed by atoms with E-state index in [1.807, 2.05) is 41.1 Å². The van der Waals surface area contributed by atoms with Gasteiger partial charge in [0.25, 0.3) is 0 Å². The number of rotatable bonds is 3. The summed E-state index contributed by atoms with van der Waals surface area (Å²) in [5.41, 5.74) is 8.50.